The molecule has 1 fully saturated rings. The van der Waals surface area contributed by atoms with Gasteiger partial charge in [-0.05, 0) is 43.2 Å². The molecule has 1 aliphatic rings. The summed E-state index contributed by atoms with van der Waals surface area (Å²) in [7, 11) is 0. The first kappa shape index (κ1) is 15.8. The average Bonchev–Trinajstić information content (AvgIpc) is 2.59. The molecule has 0 unspecified atom stereocenters. The summed E-state index contributed by atoms with van der Waals surface area (Å²) < 4.78 is 5.96. The molecule has 0 atom stereocenters. The molecule has 1 saturated heterocycles. The molecule has 1 aromatic carbocycles. The molecular weight excluding hydrogens is 286 g/mol. The molecular formula is C19H25N3O. The summed E-state index contributed by atoms with van der Waals surface area (Å²) in [6, 6.07) is 12.5. The zero-order valence-corrected chi connectivity index (χ0v) is 14.0. The first-order chi connectivity index (χ1) is 11.2. The summed E-state index contributed by atoms with van der Waals surface area (Å²) in [5, 5.41) is 0. The summed E-state index contributed by atoms with van der Waals surface area (Å²) >= 11 is 0. The van der Waals surface area contributed by atoms with Crippen LogP contribution in [0.25, 0.3) is 0 Å². The molecule has 1 aromatic heterocycles. The van der Waals surface area contributed by atoms with Gasteiger partial charge in [0.1, 0.15) is 18.2 Å². The number of hydrogen-bond donors (Lipinski definition) is 0. The van der Waals surface area contributed by atoms with Crippen LogP contribution in [-0.2, 0) is 0 Å². The van der Waals surface area contributed by atoms with E-state index < -0.39 is 0 Å². The number of piperazine rings is 1. The maximum Gasteiger partial charge on any atom is 0.128 e. The van der Waals surface area contributed by atoms with E-state index in [-0.39, 0.29) is 0 Å². The van der Waals surface area contributed by atoms with Crippen LogP contribution in [0.4, 0.5) is 5.82 Å². The summed E-state index contributed by atoms with van der Waals surface area (Å²) in [6.45, 7) is 10.1. The first-order valence-electron chi connectivity index (χ1n) is 8.31. The Labute approximate surface area is 138 Å². The normalized spacial score (nSPS) is 15.7. The summed E-state index contributed by atoms with van der Waals surface area (Å²) in [5.41, 5.74) is 2.45. The Balaban J connectivity index is 1.43. The largest absolute Gasteiger partial charge is 0.492 e. The van der Waals surface area contributed by atoms with Gasteiger partial charge in [0.25, 0.3) is 0 Å². The fourth-order valence-electron chi connectivity index (χ4n) is 2.89. The third-order valence-electron chi connectivity index (χ3n) is 4.35. The second-order valence-corrected chi connectivity index (χ2v) is 6.13. The maximum absolute atomic E-state index is 5.96. The van der Waals surface area contributed by atoms with Crippen molar-refractivity contribution in [3.8, 4) is 5.75 Å². The van der Waals surface area contributed by atoms with Crippen LogP contribution in [0.5, 0.6) is 5.75 Å². The van der Waals surface area contributed by atoms with Gasteiger partial charge in [-0.25, -0.2) is 4.98 Å². The second-order valence-electron chi connectivity index (χ2n) is 6.13. The average molecular weight is 311 g/mol. The molecule has 2 heterocycles. The second kappa shape index (κ2) is 7.47. The fraction of sp³-hybridized carbons (Fsp3) is 0.421. The molecule has 4 nitrogen and oxygen atoms in total. The van der Waals surface area contributed by atoms with Crippen LogP contribution in [0.15, 0.2) is 42.6 Å². The molecule has 122 valence electrons. The topological polar surface area (TPSA) is 28.6 Å². The van der Waals surface area contributed by atoms with E-state index in [2.05, 4.69) is 52.9 Å². The van der Waals surface area contributed by atoms with E-state index in [1.807, 2.05) is 18.3 Å². The first-order valence-corrected chi connectivity index (χ1v) is 8.31. The monoisotopic (exact) mass is 311 g/mol. The van der Waals surface area contributed by atoms with Gasteiger partial charge in [0, 0.05) is 38.9 Å². The molecule has 3 rings (SSSR count). The molecule has 4 heteroatoms. The van der Waals surface area contributed by atoms with Crippen molar-refractivity contribution in [2.75, 3.05) is 44.2 Å². The molecule has 0 spiro atoms. The van der Waals surface area contributed by atoms with Crippen molar-refractivity contribution in [1.29, 1.82) is 0 Å². The maximum atomic E-state index is 5.96. The van der Waals surface area contributed by atoms with E-state index in [9.17, 15) is 0 Å². The number of aryl methyl sites for hydroxylation is 2. The molecule has 23 heavy (non-hydrogen) atoms. The van der Waals surface area contributed by atoms with Crippen LogP contribution < -0.4 is 9.64 Å². The van der Waals surface area contributed by atoms with E-state index in [0.29, 0.717) is 0 Å². The summed E-state index contributed by atoms with van der Waals surface area (Å²) in [6.07, 6.45) is 1.86. The molecule has 0 aliphatic carbocycles. The van der Waals surface area contributed by atoms with Gasteiger partial charge in [0.2, 0.25) is 0 Å². The van der Waals surface area contributed by atoms with E-state index in [1.165, 1.54) is 11.1 Å². The van der Waals surface area contributed by atoms with E-state index >= 15 is 0 Å². The highest BCUT2D eigenvalue weighted by Gasteiger charge is 2.17. The van der Waals surface area contributed by atoms with E-state index in [1.54, 1.807) is 0 Å². The fourth-order valence-corrected chi connectivity index (χ4v) is 2.89. The quantitative estimate of drug-likeness (QED) is 0.849. The van der Waals surface area contributed by atoms with Crippen molar-refractivity contribution in [3.05, 3.63) is 53.7 Å². The van der Waals surface area contributed by atoms with Gasteiger partial charge in [-0.2, -0.15) is 0 Å². The summed E-state index contributed by atoms with van der Waals surface area (Å²) in [5.74, 6) is 2.09. The highest BCUT2D eigenvalue weighted by Crippen LogP contribution is 2.19. The van der Waals surface area contributed by atoms with Crippen molar-refractivity contribution in [1.82, 2.24) is 9.88 Å². The van der Waals surface area contributed by atoms with Gasteiger partial charge in [-0.3, -0.25) is 4.90 Å². The Morgan fingerprint density at radius 3 is 2.61 bits per heavy atom. The minimum atomic E-state index is 0.744. The predicted molar refractivity (Wildman–Crippen MR) is 94.3 cm³/mol. The summed E-state index contributed by atoms with van der Waals surface area (Å²) in [4.78, 5) is 9.24. The van der Waals surface area contributed by atoms with Gasteiger partial charge in [-0.1, -0.05) is 18.2 Å². The predicted octanol–water partition coefficient (Wildman–Crippen LogP) is 2.90. The van der Waals surface area contributed by atoms with Crippen LogP contribution in [0.2, 0.25) is 0 Å². The molecule has 0 saturated carbocycles. The van der Waals surface area contributed by atoms with Crippen LogP contribution in [0.1, 0.15) is 11.1 Å². The standard InChI is InChI=1S/C19H25N3O/c1-16-6-7-17(2)18(15-16)23-14-13-21-9-11-22(12-10-21)19-5-3-4-8-20-19/h3-8,15H,9-14H2,1-2H3. The van der Waals surface area contributed by atoms with Crippen molar-refractivity contribution in [2.24, 2.45) is 0 Å². The van der Waals surface area contributed by atoms with Crippen molar-refractivity contribution >= 4 is 5.82 Å². The van der Waals surface area contributed by atoms with Gasteiger partial charge < -0.3 is 9.64 Å². The van der Waals surface area contributed by atoms with Crippen LogP contribution in [0.3, 0.4) is 0 Å². The Kier molecular flexibility index (Phi) is 5.13. The van der Waals surface area contributed by atoms with Crippen molar-refractivity contribution < 1.29 is 4.74 Å². The van der Waals surface area contributed by atoms with E-state index in [4.69, 9.17) is 4.74 Å². The Morgan fingerprint density at radius 1 is 1.04 bits per heavy atom. The lowest BCUT2D eigenvalue weighted by molar-refractivity contribution is 0.199. The SMILES string of the molecule is Cc1ccc(C)c(OCCN2CCN(c3ccccn3)CC2)c1. The number of pyridine rings is 1. The lowest BCUT2D eigenvalue weighted by Gasteiger charge is -2.35. The zero-order valence-electron chi connectivity index (χ0n) is 14.0. The van der Waals surface area contributed by atoms with Gasteiger partial charge >= 0.3 is 0 Å². The molecule has 0 amide bonds. The molecule has 2 aromatic rings. The molecule has 0 bridgehead atoms. The number of benzene rings is 1. The number of anilines is 1. The van der Waals surface area contributed by atoms with Gasteiger partial charge in [0.05, 0.1) is 0 Å². The smallest absolute Gasteiger partial charge is 0.128 e. The zero-order chi connectivity index (χ0) is 16.1. The van der Waals surface area contributed by atoms with Crippen LogP contribution in [0, 0.1) is 13.8 Å². The number of rotatable bonds is 5. The third-order valence-corrected chi connectivity index (χ3v) is 4.35. The van der Waals surface area contributed by atoms with Gasteiger partial charge in [-0.15, -0.1) is 0 Å². The Bertz CT molecular complexity index is 622. The lowest BCUT2D eigenvalue weighted by Crippen LogP contribution is -2.47. The van der Waals surface area contributed by atoms with Crippen LogP contribution in [-0.4, -0.2) is 49.2 Å². The molecule has 1 aliphatic heterocycles. The number of nitrogens with zero attached hydrogens (tertiary/aromatic N) is 3. The van der Waals surface area contributed by atoms with E-state index in [0.717, 1.165) is 50.9 Å². The van der Waals surface area contributed by atoms with Crippen LogP contribution >= 0.6 is 0 Å². The van der Waals surface area contributed by atoms with Crippen molar-refractivity contribution in [3.63, 3.8) is 0 Å². The Morgan fingerprint density at radius 2 is 1.87 bits per heavy atom. The highest BCUT2D eigenvalue weighted by atomic mass is 16.5. The number of hydrogen-bond acceptors (Lipinski definition) is 4. The minimum absolute atomic E-state index is 0.744. The minimum Gasteiger partial charge on any atom is -0.492 e. The highest BCUT2D eigenvalue weighted by molar-refractivity contribution is 5.38. The number of ether oxygens (including phenoxy) is 1. The lowest BCUT2D eigenvalue weighted by atomic mass is 10.1. The molecule has 0 N–H and O–H groups in total. The third kappa shape index (κ3) is 4.23. The van der Waals surface area contributed by atoms with Gasteiger partial charge in [0.15, 0.2) is 0 Å². The van der Waals surface area contributed by atoms with Crippen molar-refractivity contribution in [2.45, 2.75) is 13.8 Å². The molecule has 0 radical (unpaired) electrons. The number of aromatic nitrogens is 1. The Hall–Kier alpha value is -2.07.